The number of hydrogen-bond donors (Lipinski definition) is 1. The van der Waals surface area contributed by atoms with E-state index in [2.05, 4.69) is 22.3 Å². The van der Waals surface area contributed by atoms with Gasteiger partial charge in [0.05, 0.1) is 11.3 Å². The molecule has 2 aliphatic heterocycles. The normalized spacial score (nSPS) is 16.2. The highest BCUT2D eigenvalue weighted by molar-refractivity contribution is 6.46. The second-order valence-electron chi connectivity index (χ2n) is 8.71. The van der Waals surface area contributed by atoms with Crippen molar-refractivity contribution in [3.05, 3.63) is 95.2 Å². The molecule has 3 aromatic carbocycles. The van der Waals surface area contributed by atoms with Gasteiger partial charge in [-0.15, -0.1) is 0 Å². The third-order valence-electron chi connectivity index (χ3n) is 6.39. The first kappa shape index (κ1) is 21.0. The zero-order chi connectivity index (χ0) is 22.9. The van der Waals surface area contributed by atoms with Crippen LogP contribution in [0.2, 0.25) is 0 Å². The second-order valence-corrected chi connectivity index (χ2v) is 8.71. The van der Waals surface area contributed by atoms with Gasteiger partial charge >= 0.3 is 0 Å². The molecule has 3 aromatic rings. The summed E-state index contributed by atoms with van der Waals surface area (Å²) in [6.07, 6.45) is 2.44. The molecule has 0 saturated carbocycles. The van der Waals surface area contributed by atoms with E-state index in [-0.39, 0.29) is 11.8 Å². The fourth-order valence-corrected chi connectivity index (χ4v) is 4.54. The number of hydrogen-bond acceptors (Lipinski definition) is 4. The first-order valence-corrected chi connectivity index (χ1v) is 11.4. The van der Waals surface area contributed by atoms with Crippen LogP contribution in [-0.4, -0.2) is 24.9 Å². The SMILES string of the molecule is Cc1ccc(C2=C(Nc3ccc(N4CCCC4)cc3)C(=O)N(c3ccccc3C)C2=O)cc1. The summed E-state index contributed by atoms with van der Waals surface area (Å²) >= 11 is 0. The number of nitrogens with one attached hydrogen (secondary N) is 1. The Hall–Kier alpha value is -3.86. The first-order valence-electron chi connectivity index (χ1n) is 11.4. The summed E-state index contributed by atoms with van der Waals surface area (Å²) in [6, 6.07) is 23.3. The highest BCUT2D eigenvalue weighted by atomic mass is 16.2. The zero-order valence-corrected chi connectivity index (χ0v) is 19.0. The van der Waals surface area contributed by atoms with Crippen LogP contribution in [0.15, 0.2) is 78.5 Å². The molecule has 33 heavy (non-hydrogen) atoms. The molecule has 0 unspecified atom stereocenters. The van der Waals surface area contributed by atoms with Crippen LogP contribution in [-0.2, 0) is 9.59 Å². The molecule has 0 aliphatic carbocycles. The van der Waals surface area contributed by atoms with E-state index >= 15 is 0 Å². The number of benzene rings is 3. The summed E-state index contributed by atoms with van der Waals surface area (Å²) in [5.74, 6) is -0.650. The van der Waals surface area contributed by atoms with Gasteiger partial charge in [-0.3, -0.25) is 9.59 Å². The Morgan fingerprint density at radius 1 is 0.758 bits per heavy atom. The van der Waals surface area contributed by atoms with E-state index in [4.69, 9.17) is 0 Å². The minimum Gasteiger partial charge on any atom is -0.372 e. The van der Waals surface area contributed by atoms with Crippen LogP contribution in [0.3, 0.4) is 0 Å². The van der Waals surface area contributed by atoms with E-state index in [1.54, 1.807) is 0 Å². The summed E-state index contributed by atoms with van der Waals surface area (Å²) < 4.78 is 0. The van der Waals surface area contributed by atoms with E-state index in [9.17, 15) is 9.59 Å². The van der Waals surface area contributed by atoms with E-state index in [1.165, 1.54) is 23.4 Å². The van der Waals surface area contributed by atoms with Crippen molar-refractivity contribution >= 4 is 34.4 Å². The maximum atomic E-state index is 13.6. The molecule has 1 N–H and O–H groups in total. The standard InChI is InChI=1S/C28H27N3O2/c1-19-9-11-21(12-10-19)25-26(28(33)31(27(25)32)24-8-4-3-7-20(24)2)29-22-13-15-23(16-14-22)30-17-5-6-18-30/h3-4,7-16,29H,5-6,17-18H2,1-2H3. The molecule has 0 aromatic heterocycles. The molecule has 5 rings (SSSR count). The number of rotatable bonds is 5. The number of carbonyl (C=O) groups excluding carboxylic acids is 2. The summed E-state index contributed by atoms with van der Waals surface area (Å²) in [5, 5.41) is 3.27. The Balaban J connectivity index is 1.53. The predicted octanol–water partition coefficient (Wildman–Crippen LogP) is 5.30. The smallest absolute Gasteiger partial charge is 0.282 e. The van der Waals surface area contributed by atoms with Crippen LogP contribution in [0.4, 0.5) is 17.1 Å². The lowest BCUT2D eigenvalue weighted by Gasteiger charge is -2.19. The van der Waals surface area contributed by atoms with Gasteiger partial charge in [-0.05, 0) is 68.1 Å². The van der Waals surface area contributed by atoms with Gasteiger partial charge in [-0.25, -0.2) is 4.90 Å². The molecule has 0 radical (unpaired) electrons. The molecule has 2 heterocycles. The zero-order valence-electron chi connectivity index (χ0n) is 19.0. The van der Waals surface area contributed by atoms with Gasteiger partial charge in [-0.1, -0.05) is 48.0 Å². The molecular weight excluding hydrogens is 410 g/mol. The van der Waals surface area contributed by atoms with Crippen molar-refractivity contribution in [1.29, 1.82) is 0 Å². The number of imide groups is 1. The highest BCUT2D eigenvalue weighted by Gasteiger charge is 2.40. The quantitative estimate of drug-likeness (QED) is 0.551. The Bertz CT molecular complexity index is 1240. The van der Waals surface area contributed by atoms with Crippen LogP contribution in [0.25, 0.3) is 5.57 Å². The molecule has 5 heteroatoms. The number of nitrogens with zero attached hydrogens (tertiary/aromatic N) is 2. The third-order valence-corrected chi connectivity index (χ3v) is 6.39. The topological polar surface area (TPSA) is 52.7 Å². The maximum absolute atomic E-state index is 13.6. The molecule has 0 spiro atoms. The van der Waals surface area contributed by atoms with Crippen LogP contribution < -0.4 is 15.1 Å². The molecule has 2 aliphatic rings. The molecule has 1 fully saturated rings. The van der Waals surface area contributed by atoms with Crippen molar-refractivity contribution in [3.8, 4) is 0 Å². The first-order chi connectivity index (χ1) is 16.0. The van der Waals surface area contributed by atoms with Crippen LogP contribution >= 0.6 is 0 Å². The number of carbonyl (C=O) groups is 2. The average Bonchev–Trinajstić information content (AvgIpc) is 3.44. The van der Waals surface area contributed by atoms with Gasteiger partial charge in [-0.2, -0.15) is 0 Å². The minimum absolute atomic E-state index is 0.307. The fraction of sp³-hybridized carbons (Fsp3) is 0.214. The van der Waals surface area contributed by atoms with Crippen molar-refractivity contribution in [2.75, 3.05) is 28.2 Å². The molecule has 2 amide bonds. The largest absolute Gasteiger partial charge is 0.372 e. The number of para-hydroxylation sites is 1. The van der Waals surface area contributed by atoms with Gasteiger partial charge < -0.3 is 10.2 Å². The van der Waals surface area contributed by atoms with Crippen LogP contribution in [0.5, 0.6) is 0 Å². The predicted molar refractivity (Wildman–Crippen MR) is 133 cm³/mol. The highest BCUT2D eigenvalue weighted by Crippen LogP contribution is 2.35. The van der Waals surface area contributed by atoms with Crippen LogP contribution in [0, 0.1) is 13.8 Å². The minimum atomic E-state index is -0.339. The van der Waals surface area contributed by atoms with Crippen molar-refractivity contribution < 1.29 is 9.59 Å². The molecule has 1 saturated heterocycles. The monoisotopic (exact) mass is 437 g/mol. The average molecular weight is 438 g/mol. The van der Waals surface area contributed by atoms with Crippen molar-refractivity contribution in [3.63, 3.8) is 0 Å². The van der Waals surface area contributed by atoms with Crippen molar-refractivity contribution in [2.45, 2.75) is 26.7 Å². The fourth-order valence-electron chi connectivity index (χ4n) is 4.54. The third kappa shape index (κ3) is 3.91. The summed E-state index contributed by atoms with van der Waals surface area (Å²) in [7, 11) is 0. The molecule has 5 nitrogen and oxygen atoms in total. The summed E-state index contributed by atoms with van der Waals surface area (Å²) in [6.45, 7) is 6.06. The van der Waals surface area contributed by atoms with Gasteiger partial charge in [0, 0.05) is 24.5 Å². The van der Waals surface area contributed by atoms with Crippen LogP contribution in [0.1, 0.15) is 29.5 Å². The molecule has 0 atom stereocenters. The Morgan fingerprint density at radius 2 is 1.42 bits per heavy atom. The van der Waals surface area contributed by atoms with E-state index in [0.717, 1.165) is 35.5 Å². The van der Waals surface area contributed by atoms with Crippen molar-refractivity contribution in [1.82, 2.24) is 0 Å². The lowest BCUT2D eigenvalue weighted by atomic mass is 10.0. The molecular formula is C28H27N3O2. The van der Waals surface area contributed by atoms with Gasteiger partial charge in [0.1, 0.15) is 5.70 Å². The number of aryl methyl sites for hydroxylation is 2. The number of amides is 2. The Labute approximate surface area is 194 Å². The van der Waals surface area contributed by atoms with E-state index in [0.29, 0.717) is 17.0 Å². The summed E-state index contributed by atoms with van der Waals surface area (Å²) in [4.78, 5) is 30.8. The Kier molecular flexibility index (Phi) is 5.47. The van der Waals surface area contributed by atoms with E-state index < -0.39 is 0 Å². The van der Waals surface area contributed by atoms with Gasteiger partial charge in [0.2, 0.25) is 0 Å². The molecule has 166 valence electrons. The lowest BCUT2D eigenvalue weighted by Crippen LogP contribution is -2.33. The lowest BCUT2D eigenvalue weighted by molar-refractivity contribution is -0.120. The van der Waals surface area contributed by atoms with Gasteiger partial charge in [0.25, 0.3) is 11.8 Å². The van der Waals surface area contributed by atoms with E-state index in [1.807, 2.05) is 74.5 Å². The van der Waals surface area contributed by atoms with Crippen molar-refractivity contribution in [2.24, 2.45) is 0 Å². The number of anilines is 3. The summed E-state index contributed by atoms with van der Waals surface area (Å²) in [5.41, 5.74) is 5.97. The maximum Gasteiger partial charge on any atom is 0.282 e. The van der Waals surface area contributed by atoms with Gasteiger partial charge in [0.15, 0.2) is 0 Å². The molecule has 0 bridgehead atoms. The second kappa shape index (κ2) is 8.58. The Morgan fingerprint density at radius 3 is 2.09 bits per heavy atom.